The van der Waals surface area contributed by atoms with Crippen LogP contribution < -0.4 is 0 Å². The molecule has 0 bridgehead atoms. The van der Waals surface area contributed by atoms with E-state index in [1.54, 1.807) is 0 Å². The summed E-state index contributed by atoms with van der Waals surface area (Å²) < 4.78 is 83.5. The summed E-state index contributed by atoms with van der Waals surface area (Å²) in [7, 11) is 0. The maximum Gasteiger partial charge on any atom is 0.335 e. The van der Waals surface area contributed by atoms with E-state index in [2.05, 4.69) is 54.5 Å². The molecule has 33 nitrogen and oxygen atoms in total. The third-order valence-corrected chi connectivity index (χ3v) is 25.7. The molecule has 12 rings (SSSR count). The van der Waals surface area contributed by atoms with Gasteiger partial charge < -0.3 is 153 Å². The molecule has 0 aromatic carbocycles. The molecule has 7 saturated heterocycles. The lowest BCUT2D eigenvalue weighted by Gasteiger charge is -2.71. The van der Waals surface area contributed by atoms with E-state index in [1.165, 1.54) is 6.92 Å². The van der Waals surface area contributed by atoms with E-state index in [-0.39, 0.29) is 34.0 Å². The van der Waals surface area contributed by atoms with Crippen LogP contribution in [0.5, 0.6) is 0 Å². The van der Waals surface area contributed by atoms with Gasteiger partial charge in [-0.05, 0) is 116 Å². The van der Waals surface area contributed by atoms with Gasteiger partial charge in [0.25, 0.3) is 0 Å². The first kappa shape index (κ1) is 77.1. The first-order valence-corrected chi connectivity index (χ1v) is 35.2. The minimum atomic E-state index is -2.05. The van der Waals surface area contributed by atoms with Gasteiger partial charge in [-0.2, -0.15) is 0 Å². The Kier molecular flexibility index (Phi) is 22.3. The SMILES string of the molecule is C[C@@H]1O[C@@H](O[C@H]2[C@H](OC(=O)[C@]34CCC(C)(C)C[C@H]3C3=CC[C@@H]5[C@@]6(C)CCC(O[C@@H]7O[C@H](C(=O)O)[C@@H](O)[C@H](O[C@@H]8OC[C@H](O)[C@H](O)[C@H]8O)[C@H]7O)C(C)(C)[C@@H]6CC[C@@]5(C)[C@]3(C)CC4)OC[C@H](O)[C@@H]2O)[C@H](O)[C@H](O[C@@H]2OC[C@@H](O)[C@H](O)[C@H]2O)[C@H]1O[C@@H]1OC[C@@H](O)[C@H](O[C@@H]2OC[C@@H](O)[C@H](O)[C@H]2O)[C@H]1O. The molecule has 0 aromatic heterocycles. The molecular formula is C67H106O33. The van der Waals surface area contributed by atoms with Crippen molar-refractivity contribution in [3.63, 3.8) is 0 Å². The summed E-state index contributed by atoms with van der Waals surface area (Å²) >= 11 is 0. The number of esters is 1. The van der Waals surface area contributed by atoms with E-state index in [0.717, 1.165) is 18.4 Å². The van der Waals surface area contributed by atoms with E-state index in [0.29, 0.717) is 51.4 Å². The minimum Gasteiger partial charge on any atom is -0.479 e. The van der Waals surface area contributed by atoms with Crippen LogP contribution in [0, 0.1) is 50.2 Å². The van der Waals surface area contributed by atoms with Crippen LogP contribution in [0.4, 0.5) is 0 Å². The third-order valence-electron chi connectivity index (χ3n) is 25.7. The number of rotatable bonds is 15. The highest BCUT2D eigenvalue weighted by atomic mass is 16.8. The average Bonchev–Trinajstić information content (AvgIpc) is 0.675. The third kappa shape index (κ3) is 13.5. The number of fused-ring (bicyclic) bond motifs is 7. The summed E-state index contributed by atoms with van der Waals surface area (Å²) in [6.45, 7) is 14.5. The van der Waals surface area contributed by atoms with Gasteiger partial charge >= 0.3 is 11.9 Å². The topological polar surface area (TPSA) is 507 Å². The number of hydrogen-bond acceptors (Lipinski definition) is 32. The number of hydrogen-bond donors (Lipinski definition) is 17. The van der Waals surface area contributed by atoms with Crippen LogP contribution >= 0.6 is 0 Å². The first-order valence-electron chi connectivity index (χ1n) is 35.2. The molecule has 7 aliphatic heterocycles. The first-order chi connectivity index (χ1) is 46.9. The van der Waals surface area contributed by atoms with Crippen molar-refractivity contribution >= 4 is 11.9 Å². The Bertz CT molecular complexity index is 2890. The number of aliphatic hydroxyl groups is 16. The van der Waals surface area contributed by atoms with Gasteiger partial charge in [-0.25, -0.2) is 4.79 Å². The lowest BCUT2D eigenvalue weighted by atomic mass is 9.33. The van der Waals surface area contributed by atoms with Crippen LogP contribution in [-0.2, 0) is 75.9 Å². The number of carbonyl (C=O) groups excluding carboxylic acids is 1. The molecule has 33 heteroatoms. The second kappa shape index (κ2) is 28.9. The molecule has 5 aliphatic carbocycles. The maximum atomic E-state index is 15.7. The highest BCUT2D eigenvalue weighted by Gasteiger charge is 2.71. The smallest absolute Gasteiger partial charge is 0.335 e. The van der Waals surface area contributed by atoms with Crippen LogP contribution in [0.3, 0.4) is 0 Å². The zero-order valence-electron chi connectivity index (χ0n) is 57.4. The van der Waals surface area contributed by atoms with Crippen LogP contribution in [0.2, 0.25) is 0 Å². The van der Waals surface area contributed by atoms with Crippen molar-refractivity contribution in [2.24, 2.45) is 50.2 Å². The summed E-state index contributed by atoms with van der Waals surface area (Å²) in [5.41, 5.74) is -1.85. The highest BCUT2D eigenvalue weighted by Crippen LogP contribution is 2.76. The fourth-order valence-corrected chi connectivity index (χ4v) is 19.5. The van der Waals surface area contributed by atoms with Gasteiger partial charge in [0.2, 0.25) is 6.29 Å². The zero-order chi connectivity index (χ0) is 72.6. The van der Waals surface area contributed by atoms with E-state index in [1.807, 2.05) is 0 Å². The molecule has 38 atom stereocenters. The molecule has 12 aliphatic rings. The summed E-state index contributed by atoms with van der Waals surface area (Å²) in [6.07, 6.45) is -43.9. The van der Waals surface area contributed by atoms with Crippen molar-refractivity contribution in [2.45, 2.75) is 310 Å². The predicted molar refractivity (Wildman–Crippen MR) is 330 cm³/mol. The molecule has 7 heterocycles. The highest BCUT2D eigenvalue weighted by molar-refractivity contribution is 5.79. The average molecular weight is 1440 g/mol. The minimum absolute atomic E-state index is 0.0256. The van der Waals surface area contributed by atoms with Crippen molar-refractivity contribution in [3.05, 3.63) is 11.6 Å². The molecule has 0 radical (unpaired) electrons. The molecular weight excluding hydrogens is 1330 g/mol. The molecule has 11 fully saturated rings. The molecule has 1 unspecified atom stereocenters. The van der Waals surface area contributed by atoms with Gasteiger partial charge in [-0.3, -0.25) is 4.79 Å². The second-order valence-electron chi connectivity index (χ2n) is 32.5. The van der Waals surface area contributed by atoms with E-state index < -0.39 is 252 Å². The Labute approximate surface area is 577 Å². The summed E-state index contributed by atoms with van der Waals surface area (Å²) in [5.74, 6) is -2.37. The fourth-order valence-electron chi connectivity index (χ4n) is 19.5. The monoisotopic (exact) mass is 1440 g/mol. The number of allylic oxidation sites excluding steroid dienone is 2. The van der Waals surface area contributed by atoms with Crippen molar-refractivity contribution in [1.29, 1.82) is 0 Å². The van der Waals surface area contributed by atoms with Gasteiger partial charge in [0.15, 0.2) is 49.9 Å². The lowest BCUT2D eigenvalue weighted by molar-refractivity contribution is -0.392. The number of aliphatic carboxylic acids is 1. The van der Waals surface area contributed by atoms with Crippen molar-refractivity contribution in [2.75, 3.05) is 33.0 Å². The molecule has 0 spiro atoms. The van der Waals surface area contributed by atoms with Gasteiger partial charge in [-0.1, -0.05) is 60.1 Å². The summed E-state index contributed by atoms with van der Waals surface area (Å²) in [4.78, 5) is 28.3. The van der Waals surface area contributed by atoms with Crippen LogP contribution in [0.1, 0.15) is 120 Å². The van der Waals surface area contributed by atoms with Crippen LogP contribution in [0.15, 0.2) is 11.6 Å². The van der Waals surface area contributed by atoms with Crippen LogP contribution in [0.25, 0.3) is 0 Å². The normalized spacial score (nSPS) is 54.1. The summed E-state index contributed by atoms with van der Waals surface area (Å²) in [6, 6.07) is 0. The Morgan fingerprint density at radius 2 is 0.910 bits per heavy atom. The van der Waals surface area contributed by atoms with E-state index in [9.17, 15) is 91.6 Å². The van der Waals surface area contributed by atoms with Crippen LogP contribution in [-0.4, -0.2) is 322 Å². The largest absolute Gasteiger partial charge is 0.479 e. The lowest BCUT2D eigenvalue weighted by Crippen LogP contribution is -2.67. The fraction of sp³-hybridized carbons (Fsp3) is 0.940. The second-order valence-corrected chi connectivity index (χ2v) is 32.5. The molecule has 572 valence electrons. The maximum absolute atomic E-state index is 15.7. The van der Waals surface area contributed by atoms with Gasteiger partial charge in [0.1, 0.15) is 122 Å². The summed E-state index contributed by atoms with van der Waals surface area (Å²) in [5, 5.41) is 185. The Morgan fingerprint density at radius 3 is 1.49 bits per heavy atom. The van der Waals surface area contributed by atoms with Gasteiger partial charge in [-0.15, -0.1) is 0 Å². The number of carboxylic acids is 1. The molecule has 100 heavy (non-hydrogen) atoms. The Hall–Kier alpha value is -2.48. The Morgan fingerprint density at radius 1 is 0.440 bits per heavy atom. The molecule has 17 N–H and O–H groups in total. The molecule has 0 aromatic rings. The van der Waals surface area contributed by atoms with Gasteiger partial charge in [0.05, 0.1) is 50.7 Å². The van der Waals surface area contributed by atoms with Crippen molar-refractivity contribution in [1.82, 2.24) is 0 Å². The number of carboxylic acid groups (broad SMARTS) is 1. The van der Waals surface area contributed by atoms with E-state index >= 15 is 4.79 Å². The molecule has 4 saturated carbocycles. The molecule has 0 amide bonds. The predicted octanol–water partition coefficient (Wildman–Crippen LogP) is -4.25. The number of aliphatic hydroxyl groups excluding tert-OH is 16. The van der Waals surface area contributed by atoms with Crippen molar-refractivity contribution < 1.29 is 163 Å². The Balaban J connectivity index is 0.760. The number of carbonyl (C=O) groups is 2. The zero-order valence-corrected chi connectivity index (χ0v) is 57.4. The standard InChI is InChI=1S/C67H106O33/c1-25-47(94-57-44(81)48(32(72)24-90-57)95-54-40(77)36(73)28(68)20-87-54)50(97-56-42(79)38(75)30(70)22-89-56)46(83)58(92-25)99-52-39(76)31(71)23-91-60(52)100-61(86)67-17-15-62(2,3)19-27(67)26-9-10-34-64(6)13-12-35(63(4,5)33(64)11-14-66(34,8)65(26,7)16-18-67)93-59-45(82)49(43(80)51(98-59)53(84)85)96-55-41(78)37(74)29(69)21-88-55/h9,25,27-52,54-60,68-83H,10-24H2,1-8H3,(H,84,85)/t25-,27-,28+,29-,30+,31-,32+,33-,34+,35?,36-,37-,38-,39-,40+,41+,42+,43-,44+,45+,46+,47-,48-,49-,50-,51-,52+,54-,55-,56-,57-,58-,59+,60-,64-,65+,66+,67-/m0/s1. The van der Waals surface area contributed by atoms with E-state index in [4.69, 9.17) is 66.3 Å². The van der Waals surface area contributed by atoms with Crippen molar-refractivity contribution in [3.8, 4) is 0 Å². The van der Waals surface area contributed by atoms with Gasteiger partial charge in [0, 0.05) is 0 Å². The quantitative estimate of drug-likeness (QED) is 0.0419. The number of ether oxygens (including phenoxy) is 14.